The lowest BCUT2D eigenvalue weighted by atomic mass is 9.70. The number of hydrogen-bond donors (Lipinski definition) is 0. The summed E-state index contributed by atoms with van der Waals surface area (Å²) in [5.74, 6) is 0.562. The van der Waals surface area contributed by atoms with Crippen LogP contribution < -0.4 is 0 Å². The molecule has 3 rings (SSSR count). The van der Waals surface area contributed by atoms with Crippen LogP contribution in [-0.4, -0.2) is 24.3 Å². The standard InChI is InChI=1S/C16H26O3/c1-14(2)11-6-8-15(14,3)12(10-11)19-13(17)16(4)7-5-9-18-16/h11-12H,5-10H2,1-4H3. The molecule has 0 aromatic heterocycles. The van der Waals surface area contributed by atoms with E-state index in [1.165, 1.54) is 12.8 Å². The molecule has 3 fully saturated rings. The summed E-state index contributed by atoms with van der Waals surface area (Å²) in [6, 6.07) is 0. The summed E-state index contributed by atoms with van der Waals surface area (Å²) in [6.45, 7) is 9.54. The zero-order valence-corrected chi connectivity index (χ0v) is 12.6. The molecule has 0 spiro atoms. The molecule has 3 aliphatic rings. The number of rotatable bonds is 2. The summed E-state index contributed by atoms with van der Waals surface area (Å²) in [6.07, 6.45) is 5.33. The average Bonchev–Trinajstić information content (AvgIpc) is 2.92. The third-order valence-electron chi connectivity index (χ3n) is 6.61. The molecule has 2 aliphatic carbocycles. The monoisotopic (exact) mass is 266 g/mol. The molecule has 3 heteroatoms. The molecule has 1 saturated heterocycles. The van der Waals surface area contributed by atoms with Gasteiger partial charge in [0.15, 0.2) is 5.60 Å². The largest absolute Gasteiger partial charge is 0.460 e. The lowest BCUT2D eigenvalue weighted by Gasteiger charge is -2.39. The van der Waals surface area contributed by atoms with Gasteiger partial charge in [0.05, 0.1) is 0 Å². The molecule has 1 heterocycles. The van der Waals surface area contributed by atoms with E-state index < -0.39 is 5.60 Å². The third-order valence-corrected chi connectivity index (χ3v) is 6.61. The van der Waals surface area contributed by atoms with E-state index in [9.17, 15) is 4.79 Å². The molecule has 2 bridgehead atoms. The summed E-state index contributed by atoms with van der Waals surface area (Å²) >= 11 is 0. The molecule has 0 amide bonds. The molecule has 1 aliphatic heterocycles. The maximum atomic E-state index is 12.4. The fraction of sp³-hybridized carbons (Fsp3) is 0.938. The first-order chi connectivity index (χ1) is 8.80. The molecular formula is C16H26O3. The van der Waals surface area contributed by atoms with Crippen LogP contribution in [0.4, 0.5) is 0 Å². The first-order valence-electron chi connectivity index (χ1n) is 7.65. The lowest BCUT2D eigenvalue weighted by molar-refractivity contribution is -0.178. The van der Waals surface area contributed by atoms with Gasteiger partial charge < -0.3 is 9.47 Å². The zero-order valence-electron chi connectivity index (χ0n) is 12.6. The van der Waals surface area contributed by atoms with Gasteiger partial charge in [0, 0.05) is 12.0 Å². The van der Waals surface area contributed by atoms with Crippen LogP contribution in [-0.2, 0) is 14.3 Å². The molecule has 4 unspecified atom stereocenters. The van der Waals surface area contributed by atoms with Gasteiger partial charge in [-0.1, -0.05) is 20.8 Å². The highest BCUT2D eigenvalue weighted by molar-refractivity contribution is 5.79. The summed E-state index contributed by atoms with van der Waals surface area (Å²) in [4.78, 5) is 12.4. The van der Waals surface area contributed by atoms with E-state index in [1.54, 1.807) is 0 Å². The number of carbonyl (C=O) groups is 1. The van der Waals surface area contributed by atoms with Crippen molar-refractivity contribution in [1.29, 1.82) is 0 Å². The van der Waals surface area contributed by atoms with Gasteiger partial charge in [-0.2, -0.15) is 0 Å². The molecule has 0 N–H and O–H groups in total. The molecule has 4 atom stereocenters. The maximum Gasteiger partial charge on any atom is 0.338 e. The smallest absolute Gasteiger partial charge is 0.338 e. The Morgan fingerprint density at radius 2 is 1.95 bits per heavy atom. The lowest BCUT2D eigenvalue weighted by Crippen LogP contribution is -2.44. The minimum absolute atomic E-state index is 0.0785. The van der Waals surface area contributed by atoms with Crippen molar-refractivity contribution in [2.45, 2.75) is 71.5 Å². The highest BCUT2D eigenvalue weighted by Crippen LogP contribution is 2.66. The van der Waals surface area contributed by atoms with Crippen LogP contribution in [0, 0.1) is 16.7 Å². The van der Waals surface area contributed by atoms with Crippen molar-refractivity contribution in [3.63, 3.8) is 0 Å². The molecule has 2 saturated carbocycles. The van der Waals surface area contributed by atoms with Gasteiger partial charge in [-0.3, -0.25) is 0 Å². The Morgan fingerprint density at radius 1 is 1.21 bits per heavy atom. The molecule has 19 heavy (non-hydrogen) atoms. The molecule has 0 aromatic carbocycles. The minimum atomic E-state index is -0.692. The fourth-order valence-electron chi connectivity index (χ4n) is 4.50. The van der Waals surface area contributed by atoms with Crippen LogP contribution in [0.25, 0.3) is 0 Å². The van der Waals surface area contributed by atoms with Crippen molar-refractivity contribution in [1.82, 2.24) is 0 Å². The first kappa shape index (κ1) is 13.4. The van der Waals surface area contributed by atoms with Crippen LogP contribution in [0.15, 0.2) is 0 Å². The van der Waals surface area contributed by atoms with Gasteiger partial charge in [-0.05, 0) is 50.4 Å². The molecule has 108 valence electrons. The van der Waals surface area contributed by atoms with Gasteiger partial charge >= 0.3 is 5.97 Å². The molecule has 3 nitrogen and oxygen atoms in total. The van der Waals surface area contributed by atoms with Crippen molar-refractivity contribution < 1.29 is 14.3 Å². The van der Waals surface area contributed by atoms with Crippen molar-refractivity contribution in [3.8, 4) is 0 Å². The maximum absolute atomic E-state index is 12.4. The van der Waals surface area contributed by atoms with E-state index in [0.717, 1.165) is 19.3 Å². The van der Waals surface area contributed by atoms with Gasteiger partial charge in [-0.15, -0.1) is 0 Å². The van der Waals surface area contributed by atoms with Crippen molar-refractivity contribution in [2.75, 3.05) is 6.61 Å². The average molecular weight is 266 g/mol. The zero-order chi connectivity index (χ0) is 13.9. The summed E-state index contributed by atoms with van der Waals surface area (Å²) < 4.78 is 11.5. The molecule has 0 radical (unpaired) electrons. The Balaban J connectivity index is 1.74. The van der Waals surface area contributed by atoms with E-state index >= 15 is 0 Å². The number of carbonyl (C=O) groups excluding carboxylic acids is 1. The Morgan fingerprint density at radius 3 is 2.42 bits per heavy atom. The number of hydrogen-bond acceptors (Lipinski definition) is 3. The van der Waals surface area contributed by atoms with Gasteiger partial charge in [0.25, 0.3) is 0 Å². The van der Waals surface area contributed by atoms with Crippen LogP contribution in [0.5, 0.6) is 0 Å². The van der Waals surface area contributed by atoms with Crippen molar-refractivity contribution >= 4 is 5.97 Å². The summed E-state index contributed by atoms with van der Waals surface area (Å²) in [7, 11) is 0. The second-order valence-electron chi connectivity index (χ2n) is 7.69. The SMILES string of the molecule is CC1(C(=O)OC2CC3CCC2(C)C3(C)C)CCCO1. The van der Waals surface area contributed by atoms with Crippen LogP contribution in [0.1, 0.15) is 59.8 Å². The van der Waals surface area contributed by atoms with Crippen molar-refractivity contribution in [2.24, 2.45) is 16.7 Å². The van der Waals surface area contributed by atoms with E-state index in [-0.39, 0.29) is 22.9 Å². The van der Waals surface area contributed by atoms with E-state index in [2.05, 4.69) is 20.8 Å². The van der Waals surface area contributed by atoms with Crippen LogP contribution in [0.3, 0.4) is 0 Å². The topological polar surface area (TPSA) is 35.5 Å². The number of esters is 1. The Kier molecular flexibility index (Phi) is 2.80. The highest BCUT2D eigenvalue weighted by atomic mass is 16.6. The second-order valence-corrected chi connectivity index (χ2v) is 7.69. The van der Waals surface area contributed by atoms with Gasteiger partial charge in [0.2, 0.25) is 0 Å². The van der Waals surface area contributed by atoms with Crippen LogP contribution >= 0.6 is 0 Å². The number of fused-ring (bicyclic) bond motifs is 2. The highest BCUT2D eigenvalue weighted by Gasteiger charge is 2.63. The number of ether oxygens (including phenoxy) is 2. The second kappa shape index (κ2) is 3.97. The summed E-state index contributed by atoms with van der Waals surface area (Å²) in [5.41, 5.74) is -0.264. The van der Waals surface area contributed by atoms with Gasteiger partial charge in [-0.25, -0.2) is 4.79 Å². The normalized spacial score (nSPS) is 47.6. The van der Waals surface area contributed by atoms with E-state index in [0.29, 0.717) is 12.5 Å². The predicted octanol–water partition coefficient (Wildman–Crippen LogP) is 3.31. The summed E-state index contributed by atoms with van der Waals surface area (Å²) in [5, 5.41) is 0. The molecular weight excluding hydrogens is 240 g/mol. The fourth-order valence-corrected chi connectivity index (χ4v) is 4.50. The van der Waals surface area contributed by atoms with Gasteiger partial charge in [0.1, 0.15) is 6.10 Å². The predicted molar refractivity (Wildman–Crippen MR) is 72.7 cm³/mol. The molecule has 0 aromatic rings. The van der Waals surface area contributed by atoms with Crippen molar-refractivity contribution in [3.05, 3.63) is 0 Å². The first-order valence-corrected chi connectivity index (χ1v) is 7.65. The quantitative estimate of drug-likeness (QED) is 0.719. The van der Waals surface area contributed by atoms with Crippen LogP contribution in [0.2, 0.25) is 0 Å². The minimum Gasteiger partial charge on any atom is -0.460 e. The Bertz CT molecular complexity index is 395. The Hall–Kier alpha value is -0.570. The third kappa shape index (κ3) is 1.70. The van der Waals surface area contributed by atoms with E-state index in [4.69, 9.17) is 9.47 Å². The Labute approximate surface area is 116 Å². The van der Waals surface area contributed by atoms with E-state index in [1.807, 2.05) is 6.92 Å².